The van der Waals surface area contributed by atoms with Gasteiger partial charge in [-0.25, -0.2) is 0 Å². The van der Waals surface area contributed by atoms with Crippen LogP contribution in [-0.4, -0.2) is 6.71 Å². The van der Waals surface area contributed by atoms with Crippen molar-refractivity contribution in [3.63, 3.8) is 0 Å². The topological polar surface area (TPSA) is 19.6 Å². The highest BCUT2D eigenvalue weighted by molar-refractivity contribution is 7.01. The summed E-state index contributed by atoms with van der Waals surface area (Å²) < 4.78 is 7.14. The van der Waals surface area contributed by atoms with Crippen molar-refractivity contribution >= 4 is 68.4 Å². The van der Waals surface area contributed by atoms with E-state index in [4.69, 9.17) is 4.42 Å². The number of furan rings is 1. The Labute approximate surface area is 317 Å². The quantitative estimate of drug-likeness (QED) is 0.168. The van der Waals surface area contributed by atoms with Crippen molar-refractivity contribution in [1.29, 1.82) is 0 Å². The van der Waals surface area contributed by atoms with Gasteiger partial charge in [-0.1, -0.05) is 111 Å². The third kappa shape index (κ3) is 5.08. The normalized spacial score (nSPS) is 16.8. The molecule has 0 saturated heterocycles. The molecule has 9 rings (SSSR count). The molecule has 0 bridgehead atoms. The molecular formula is C49H53BN2O. The molecule has 0 spiro atoms. The summed E-state index contributed by atoms with van der Waals surface area (Å²) in [6.07, 6.45) is 1.13. The van der Waals surface area contributed by atoms with Crippen LogP contribution in [0.25, 0.3) is 11.0 Å². The smallest absolute Gasteiger partial charge is 0.257 e. The van der Waals surface area contributed by atoms with Gasteiger partial charge in [-0.05, 0) is 135 Å². The minimum atomic E-state index is 0.00231. The minimum Gasteiger partial charge on any atom is -0.440 e. The second-order valence-corrected chi connectivity index (χ2v) is 19.6. The second-order valence-electron chi connectivity index (χ2n) is 19.6. The number of benzene rings is 5. The molecule has 5 aromatic carbocycles. The molecular weight excluding hydrogens is 643 g/mol. The van der Waals surface area contributed by atoms with Crippen LogP contribution in [-0.2, 0) is 21.7 Å². The van der Waals surface area contributed by atoms with Gasteiger partial charge in [0.15, 0.2) is 0 Å². The monoisotopic (exact) mass is 696 g/mol. The van der Waals surface area contributed by atoms with Crippen LogP contribution in [0.4, 0.5) is 34.3 Å². The summed E-state index contributed by atoms with van der Waals surface area (Å²) in [7, 11) is 0. The molecule has 0 saturated carbocycles. The fraction of sp³-hybridized carbons (Fsp3) is 0.347. The Morgan fingerprint density at radius 1 is 0.566 bits per heavy atom. The molecule has 0 radical (unpaired) electrons. The lowest BCUT2D eigenvalue weighted by Crippen LogP contribution is -2.61. The first kappa shape index (κ1) is 34.1. The van der Waals surface area contributed by atoms with Gasteiger partial charge < -0.3 is 9.32 Å². The third-order valence-corrected chi connectivity index (χ3v) is 12.4. The molecule has 0 fully saturated rings. The van der Waals surface area contributed by atoms with Gasteiger partial charge in [0.25, 0.3) is 6.71 Å². The Bertz CT molecular complexity index is 2480. The van der Waals surface area contributed by atoms with Crippen LogP contribution in [0.2, 0.25) is 0 Å². The first-order chi connectivity index (χ1) is 24.8. The van der Waals surface area contributed by atoms with E-state index in [1.54, 1.807) is 0 Å². The van der Waals surface area contributed by atoms with Gasteiger partial charge >= 0.3 is 0 Å². The predicted molar refractivity (Wildman–Crippen MR) is 228 cm³/mol. The SMILES string of the molecule is Cc1ccc2c(c1)B1c3c(cc(C)cc3N(c3ccc4c(c3)C(C)(C)CC4(C)C)c3oc4ccc(C(C)(C)C)cc4c31)N2c1ccc(C(C)(C)C)cc1. The molecule has 53 heavy (non-hydrogen) atoms. The molecule has 2 aliphatic heterocycles. The second kappa shape index (κ2) is 10.9. The highest BCUT2D eigenvalue weighted by atomic mass is 16.4. The predicted octanol–water partition coefficient (Wildman–Crippen LogP) is 11.7. The first-order valence-electron chi connectivity index (χ1n) is 19.5. The van der Waals surface area contributed by atoms with Crippen LogP contribution < -0.4 is 26.2 Å². The molecule has 6 aromatic rings. The standard InChI is InChI=1S/C49H53BN2O/c1-29-13-21-39-38(23-29)50-43-35-26-32(47(6,7)8)16-22-42(35)53-45(43)52(34-19-20-36-37(27-34)49(11,12)28-48(36,9)10)41-25-30(2)24-40(44(41)50)51(39)33-17-14-31(15-18-33)46(3,4)5/h13-27H,28H2,1-12H3. The summed E-state index contributed by atoms with van der Waals surface area (Å²) in [5, 5.41) is 1.21. The van der Waals surface area contributed by atoms with E-state index in [1.165, 1.54) is 77.9 Å². The van der Waals surface area contributed by atoms with Gasteiger partial charge in [0.1, 0.15) is 5.58 Å². The zero-order valence-corrected chi connectivity index (χ0v) is 33.7. The Hall–Kier alpha value is -4.70. The third-order valence-electron chi connectivity index (χ3n) is 12.4. The van der Waals surface area contributed by atoms with Gasteiger partial charge in [0.2, 0.25) is 5.88 Å². The zero-order valence-electron chi connectivity index (χ0n) is 33.7. The molecule has 3 aliphatic rings. The van der Waals surface area contributed by atoms with Gasteiger partial charge in [-0.15, -0.1) is 0 Å². The molecule has 0 unspecified atom stereocenters. The summed E-state index contributed by atoms with van der Waals surface area (Å²) in [6, 6.07) is 35.2. The number of anilines is 6. The van der Waals surface area contributed by atoms with E-state index in [2.05, 4.69) is 184 Å². The van der Waals surface area contributed by atoms with Crippen molar-refractivity contribution in [3.8, 4) is 0 Å². The van der Waals surface area contributed by atoms with E-state index in [1.807, 2.05) is 0 Å². The van der Waals surface area contributed by atoms with E-state index >= 15 is 0 Å². The van der Waals surface area contributed by atoms with E-state index in [-0.39, 0.29) is 28.4 Å². The van der Waals surface area contributed by atoms with Crippen LogP contribution in [0, 0.1) is 13.8 Å². The Morgan fingerprint density at radius 2 is 1.19 bits per heavy atom. The molecule has 0 N–H and O–H groups in total. The first-order valence-corrected chi connectivity index (χ1v) is 19.5. The summed E-state index contributed by atoms with van der Waals surface area (Å²) in [6.45, 7) is 27.9. The fourth-order valence-corrected chi connectivity index (χ4v) is 10.0. The average Bonchev–Trinajstić information content (AvgIpc) is 3.53. The van der Waals surface area contributed by atoms with Crippen LogP contribution in [0.15, 0.2) is 95.4 Å². The fourth-order valence-electron chi connectivity index (χ4n) is 10.0. The van der Waals surface area contributed by atoms with Crippen molar-refractivity contribution in [2.75, 3.05) is 9.80 Å². The molecule has 1 aromatic heterocycles. The molecule has 1 aliphatic carbocycles. The number of hydrogen-bond acceptors (Lipinski definition) is 3. The molecule has 3 heterocycles. The van der Waals surface area contributed by atoms with Crippen LogP contribution in [0.5, 0.6) is 0 Å². The van der Waals surface area contributed by atoms with E-state index in [0.717, 1.165) is 23.6 Å². The largest absolute Gasteiger partial charge is 0.440 e. The highest BCUT2D eigenvalue weighted by Gasteiger charge is 2.47. The Balaban J connectivity index is 1.38. The summed E-state index contributed by atoms with van der Waals surface area (Å²) in [4.78, 5) is 4.97. The lowest BCUT2D eigenvalue weighted by Gasteiger charge is -2.43. The van der Waals surface area contributed by atoms with Crippen molar-refractivity contribution in [2.45, 2.75) is 111 Å². The van der Waals surface area contributed by atoms with Crippen LogP contribution in [0.1, 0.15) is 109 Å². The molecule has 4 heteroatoms. The van der Waals surface area contributed by atoms with Crippen molar-refractivity contribution in [2.24, 2.45) is 0 Å². The lowest BCUT2D eigenvalue weighted by atomic mass is 9.33. The maximum atomic E-state index is 7.14. The average molecular weight is 697 g/mol. The molecule has 268 valence electrons. The number of nitrogens with zero attached hydrogens (tertiary/aromatic N) is 2. The maximum absolute atomic E-state index is 7.14. The van der Waals surface area contributed by atoms with Crippen molar-refractivity contribution < 1.29 is 4.42 Å². The summed E-state index contributed by atoms with van der Waals surface area (Å²) in [5.74, 6) is 0.936. The van der Waals surface area contributed by atoms with Crippen molar-refractivity contribution in [1.82, 2.24) is 0 Å². The van der Waals surface area contributed by atoms with Gasteiger partial charge in [-0.2, -0.15) is 0 Å². The Kier molecular flexibility index (Phi) is 7.04. The van der Waals surface area contributed by atoms with Gasteiger partial charge in [-0.3, -0.25) is 4.90 Å². The maximum Gasteiger partial charge on any atom is 0.257 e. The minimum absolute atomic E-state index is 0.00231. The lowest BCUT2D eigenvalue weighted by molar-refractivity contribution is 0.403. The van der Waals surface area contributed by atoms with Crippen LogP contribution in [0.3, 0.4) is 0 Å². The number of hydrogen-bond donors (Lipinski definition) is 0. The Morgan fingerprint density at radius 3 is 1.87 bits per heavy atom. The molecule has 0 atom stereocenters. The highest BCUT2D eigenvalue weighted by Crippen LogP contribution is 2.52. The number of fused-ring (bicyclic) bond motifs is 7. The van der Waals surface area contributed by atoms with E-state index in [0.29, 0.717) is 0 Å². The molecule has 0 amide bonds. The summed E-state index contributed by atoms with van der Waals surface area (Å²) >= 11 is 0. The molecule has 3 nitrogen and oxygen atoms in total. The van der Waals surface area contributed by atoms with Crippen LogP contribution >= 0.6 is 0 Å². The van der Waals surface area contributed by atoms with E-state index < -0.39 is 0 Å². The van der Waals surface area contributed by atoms with Gasteiger partial charge in [0.05, 0.1) is 0 Å². The number of rotatable bonds is 2. The van der Waals surface area contributed by atoms with E-state index in [9.17, 15) is 0 Å². The number of aryl methyl sites for hydroxylation is 2. The van der Waals surface area contributed by atoms with Crippen molar-refractivity contribution in [3.05, 3.63) is 124 Å². The summed E-state index contributed by atoms with van der Waals surface area (Å²) in [5.41, 5.74) is 19.2. The zero-order chi connectivity index (χ0) is 37.6. The van der Waals surface area contributed by atoms with Gasteiger partial charge in [0, 0.05) is 39.3 Å².